The molecule has 2 rings (SSSR count). The van der Waals surface area contributed by atoms with E-state index in [1.807, 2.05) is 0 Å². The average molecular weight is 294 g/mol. The first-order valence-corrected chi connectivity index (χ1v) is 6.34. The fraction of sp³-hybridized carbons (Fsp3) is 0.133. The Kier molecular flexibility index (Phi) is 4.58. The zero-order valence-electron chi connectivity index (χ0n) is 10.8. The average Bonchev–Trinajstić information content (AvgIpc) is 2.43. The number of halogens is 2. The summed E-state index contributed by atoms with van der Waals surface area (Å²) in [5.41, 5.74) is 0.936. The Labute approximate surface area is 121 Å². The van der Waals surface area contributed by atoms with E-state index in [4.69, 9.17) is 16.3 Å². The number of carbonyl (C=O) groups excluding carboxylic acids is 1. The molecule has 0 bridgehead atoms. The van der Waals surface area contributed by atoms with E-state index in [1.54, 1.807) is 37.4 Å². The highest BCUT2D eigenvalue weighted by Crippen LogP contribution is 2.17. The summed E-state index contributed by atoms with van der Waals surface area (Å²) in [6.45, 7) is 0. The molecule has 2 aromatic rings. The van der Waals surface area contributed by atoms with Crippen molar-refractivity contribution in [2.24, 2.45) is 0 Å². The summed E-state index contributed by atoms with van der Waals surface area (Å²) in [6.07, 6.45) is -0.0466. The van der Waals surface area contributed by atoms with Crippen LogP contribution in [0.1, 0.15) is 5.56 Å². The maximum atomic E-state index is 13.6. The first kappa shape index (κ1) is 14.3. The van der Waals surface area contributed by atoms with Crippen molar-refractivity contribution in [3.8, 4) is 5.75 Å². The Morgan fingerprint density at radius 3 is 2.55 bits per heavy atom. The van der Waals surface area contributed by atoms with Gasteiger partial charge >= 0.3 is 0 Å². The lowest BCUT2D eigenvalue weighted by Crippen LogP contribution is -2.15. The lowest BCUT2D eigenvalue weighted by Gasteiger charge is -2.07. The second-order valence-corrected chi connectivity index (χ2v) is 4.63. The molecule has 0 fully saturated rings. The van der Waals surface area contributed by atoms with Gasteiger partial charge < -0.3 is 10.1 Å². The molecule has 2 aromatic carbocycles. The molecule has 1 N–H and O–H groups in total. The van der Waals surface area contributed by atoms with Crippen molar-refractivity contribution in [2.45, 2.75) is 6.42 Å². The predicted octanol–water partition coefficient (Wildman–Crippen LogP) is 3.67. The minimum Gasteiger partial charge on any atom is -0.497 e. The van der Waals surface area contributed by atoms with Crippen LogP contribution in [0.4, 0.5) is 10.1 Å². The van der Waals surface area contributed by atoms with Crippen molar-refractivity contribution in [1.82, 2.24) is 0 Å². The quantitative estimate of drug-likeness (QED) is 0.934. The zero-order chi connectivity index (χ0) is 14.5. The van der Waals surface area contributed by atoms with Crippen LogP contribution in [0.25, 0.3) is 0 Å². The fourth-order valence-corrected chi connectivity index (χ4v) is 1.88. The first-order valence-electron chi connectivity index (χ1n) is 5.96. The van der Waals surface area contributed by atoms with Crippen molar-refractivity contribution in [3.63, 3.8) is 0 Å². The number of carbonyl (C=O) groups is 1. The normalized spacial score (nSPS) is 10.2. The summed E-state index contributed by atoms with van der Waals surface area (Å²) >= 11 is 5.66. The number of rotatable bonds is 4. The summed E-state index contributed by atoms with van der Waals surface area (Å²) in [6, 6.07) is 11.2. The van der Waals surface area contributed by atoms with Crippen molar-refractivity contribution in [1.29, 1.82) is 0 Å². The van der Waals surface area contributed by atoms with E-state index >= 15 is 0 Å². The highest BCUT2D eigenvalue weighted by molar-refractivity contribution is 6.30. The lowest BCUT2D eigenvalue weighted by molar-refractivity contribution is -0.115. The predicted molar refractivity (Wildman–Crippen MR) is 76.7 cm³/mol. The Bertz CT molecular complexity index is 614. The second kappa shape index (κ2) is 6.39. The van der Waals surface area contributed by atoms with Crippen molar-refractivity contribution >= 4 is 23.2 Å². The molecule has 0 saturated carbocycles. The van der Waals surface area contributed by atoms with Crippen LogP contribution in [0.2, 0.25) is 5.02 Å². The zero-order valence-corrected chi connectivity index (χ0v) is 11.6. The smallest absolute Gasteiger partial charge is 0.228 e. The van der Waals surface area contributed by atoms with Gasteiger partial charge in [0.25, 0.3) is 0 Å². The van der Waals surface area contributed by atoms with E-state index in [0.29, 0.717) is 22.0 Å². The number of hydrogen-bond acceptors (Lipinski definition) is 2. The van der Waals surface area contributed by atoms with E-state index in [2.05, 4.69) is 5.32 Å². The van der Waals surface area contributed by atoms with Gasteiger partial charge in [0.05, 0.1) is 13.5 Å². The maximum absolute atomic E-state index is 13.6. The highest BCUT2D eigenvalue weighted by atomic mass is 35.5. The van der Waals surface area contributed by atoms with Crippen LogP contribution in [0.5, 0.6) is 5.75 Å². The Hall–Kier alpha value is -2.07. The molecule has 0 unspecified atom stereocenters. The molecule has 0 atom stereocenters. The third-order valence-electron chi connectivity index (χ3n) is 2.74. The van der Waals surface area contributed by atoms with E-state index in [1.165, 1.54) is 12.1 Å². The van der Waals surface area contributed by atoms with Crippen LogP contribution in [0.15, 0.2) is 42.5 Å². The van der Waals surface area contributed by atoms with Crippen LogP contribution in [-0.2, 0) is 11.2 Å². The number of methoxy groups -OCH3 is 1. The second-order valence-electron chi connectivity index (χ2n) is 4.19. The van der Waals surface area contributed by atoms with Crippen LogP contribution >= 0.6 is 11.6 Å². The maximum Gasteiger partial charge on any atom is 0.228 e. The topological polar surface area (TPSA) is 38.3 Å². The molecule has 104 valence electrons. The molecule has 0 aliphatic rings. The van der Waals surface area contributed by atoms with Crippen LogP contribution in [0.3, 0.4) is 0 Å². The van der Waals surface area contributed by atoms with Gasteiger partial charge in [-0.25, -0.2) is 4.39 Å². The number of anilines is 1. The van der Waals surface area contributed by atoms with Crippen LogP contribution < -0.4 is 10.1 Å². The molecule has 0 saturated heterocycles. The monoisotopic (exact) mass is 293 g/mol. The van der Waals surface area contributed by atoms with Gasteiger partial charge in [-0.2, -0.15) is 0 Å². The van der Waals surface area contributed by atoms with Gasteiger partial charge in [-0.15, -0.1) is 0 Å². The van der Waals surface area contributed by atoms with Crippen LogP contribution in [0, 0.1) is 5.82 Å². The molecule has 5 heteroatoms. The van der Waals surface area contributed by atoms with Crippen molar-refractivity contribution in [3.05, 3.63) is 58.9 Å². The largest absolute Gasteiger partial charge is 0.497 e. The summed E-state index contributed by atoms with van der Waals surface area (Å²) in [5.74, 6) is -0.0782. The summed E-state index contributed by atoms with van der Waals surface area (Å²) in [4.78, 5) is 11.8. The van der Waals surface area contributed by atoms with Gasteiger partial charge in [-0.05, 0) is 42.0 Å². The molecule has 20 heavy (non-hydrogen) atoms. The summed E-state index contributed by atoms with van der Waals surface area (Å²) < 4.78 is 18.6. The standard InChI is InChI=1S/C15H13ClFNO2/c1-20-13-6-4-12(5-7-13)18-15(19)8-10-2-3-11(16)9-14(10)17/h2-7,9H,8H2,1H3,(H,18,19). The van der Waals surface area contributed by atoms with Gasteiger partial charge in [0.1, 0.15) is 11.6 Å². The van der Waals surface area contributed by atoms with Gasteiger partial charge in [0, 0.05) is 10.7 Å². The Balaban J connectivity index is 2.01. The number of nitrogens with one attached hydrogen (secondary N) is 1. The third-order valence-corrected chi connectivity index (χ3v) is 2.97. The SMILES string of the molecule is COc1ccc(NC(=O)Cc2ccc(Cl)cc2F)cc1. The van der Waals surface area contributed by atoms with E-state index in [9.17, 15) is 9.18 Å². The Morgan fingerprint density at radius 2 is 1.95 bits per heavy atom. The molecule has 0 aliphatic heterocycles. The molecule has 1 amide bonds. The van der Waals surface area contributed by atoms with E-state index < -0.39 is 5.82 Å². The third kappa shape index (κ3) is 3.71. The van der Waals surface area contributed by atoms with Crippen molar-refractivity contribution in [2.75, 3.05) is 12.4 Å². The van der Waals surface area contributed by atoms with Gasteiger partial charge in [0.15, 0.2) is 0 Å². The number of amides is 1. The molecule has 0 aromatic heterocycles. The molecule has 0 aliphatic carbocycles. The molecular weight excluding hydrogens is 281 g/mol. The molecule has 0 spiro atoms. The van der Waals surface area contributed by atoms with E-state index in [-0.39, 0.29) is 12.3 Å². The Morgan fingerprint density at radius 1 is 1.25 bits per heavy atom. The van der Waals surface area contributed by atoms with Gasteiger partial charge in [-0.1, -0.05) is 17.7 Å². The number of ether oxygens (including phenoxy) is 1. The first-order chi connectivity index (χ1) is 9.58. The molecule has 3 nitrogen and oxygen atoms in total. The molecular formula is C15H13ClFNO2. The van der Waals surface area contributed by atoms with Crippen molar-refractivity contribution < 1.29 is 13.9 Å². The van der Waals surface area contributed by atoms with Crippen LogP contribution in [-0.4, -0.2) is 13.0 Å². The minimum atomic E-state index is -0.484. The fourth-order valence-electron chi connectivity index (χ4n) is 1.72. The minimum absolute atomic E-state index is 0.0466. The van der Waals surface area contributed by atoms with Gasteiger partial charge in [0.2, 0.25) is 5.91 Å². The number of benzene rings is 2. The molecule has 0 heterocycles. The lowest BCUT2D eigenvalue weighted by atomic mass is 10.1. The van der Waals surface area contributed by atoms with E-state index in [0.717, 1.165) is 0 Å². The highest BCUT2D eigenvalue weighted by Gasteiger charge is 2.09. The number of hydrogen-bond donors (Lipinski definition) is 1. The van der Waals surface area contributed by atoms with Gasteiger partial charge in [-0.3, -0.25) is 4.79 Å². The molecule has 0 radical (unpaired) electrons. The summed E-state index contributed by atoms with van der Waals surface area (Å²) in [7, 11) is 1.57. The summed E-state index contributed by atoms with van der Waals surface area (Å²) in [5, 5.41) is 3.00.